The Labute approximate surface area is 179 Å². The molecular formula is C20H20Br2N2O4. The third-order valence-corrected chi connectivity index (χ3v) is 5.98. The Morgan fingerprint density at radius 1 is 0.750 bits per heavy atom. The van der Waals surface area contributed by atoms with Crippen LogP contribution in [-0.4, -0.2) is 57.7 Å². The fourth-order valence-electron chi connectivity index (χ4n) is 3.08. The lowest BCUT2D eigenvalue weighted by Crippen LogP contribution is -2.28. The Bertz CT molecular complexity index is 832. The summed E-state index contributed by atoms with van der Waals surface area (Å²) in [5.41, 5.74) is 2.28. The number of rotatable bonds is 8. The Kier molecular flexibility index (Phi) is 6.87. The van der Waals surface area contributed by atoms with Gasteiger partial charge in [-0.15, -0.1) is 0 Å². The minimum Gasteiger partial charge on any atom is -0.390 e. The summed E-state index contributed by atoms with van der Waals surface area (Å²) in [6.45, 7) is 0.464. The Morgan fingerprint density at radius 2 is 1.14 bits per heavy atom. The molecule has 0 radical (unpaired) electrons. The fourth-order valence-corrected chi connectivity index (χ4v) is 3.54. The largest absolute Gasteiger partial charge is 0.390 e. The number of hydrogen-bond donors (Lipinski definition) is 4. The number of aliphatic hydroxyl groups excluding tert-OH is 2. The van der Waals surface area contributed by atoms with Crippen molar-refractivity contribution in [2.24, 2.45) is 0 Å². The highest BCUT2D eigenvalue weighted by Gasteiger charge is 2.33. The average molecular weight is 512 g/mol. The van der Waals surface area contributed by atoms with Crippen LogP contribution in [0.1, 0.15) is 31.8 Å². The predicted octanol–water partition coefficient (Wildman–Crippen LogP) is 2.80. The standard InChI is InChI=1S/C20H20Br2N2O4/c21-7-11(25)9-23-15-5-6-16(24-10-12(26)8-22)18-17(15)19(27)13-3-1-2-4-14(13)20(18)28/h1-6,11-12,23-26H,7-10H2. The number of nitrogens with one attached hydrogen (secondary N) is 2. The quantitative estimate of drug-likeness (QED) is 0.347. The maximum absolute atomic E-state index is 13.2. The number of halogens is 2. The van der Waals surface area contributed by atoms with Gasteiger partial charge in [0.1, 0.15) is 0 Å². The zero-order chi connectivity index (χ0) is 20.3. The van der Waals surface area contributed by atoms with Crippen LogP contribution < -0.4 is 10.6 Å². The molecule has 2 aromatic carbocycles. The molecule has 0 amide bonds. The highest BCUT2D eigenvalue weighted by atomic mass is 79.9. The smallest absolute Gasteiger partial charge is 0.196 e. The van der Waals surface area contributed by atoms with E-state index in [4.69, 9.17) is 0 Å². The Hall–Kier alpha value is -1.74. The van der Waals surface area contributed by atoms with Crippen LogP contribution >= 0.6 is 31.9 Å². The van der Waals surface area contributed by atoms with Gasteiger partial charge in [-0.05, 0) is 12.1 Å². The molecule has 0 aromatic heterocycles. The molecule has 4 N–H and O–H groups in total. The number of carbonyl (C=O) groups is 2. The van der Waals surface area contributed by atoms with Crippen molar-refractivity contribution in [2.45, 2.75) is 12.2 Å². The maximum atomic E-state index is 13.2. The minimum atomic E-state index is -0.635. The predicted molar refractivity (Wildman–Crippen MR) is 116 cm³/mol. The highest BCUT2D eigenvalue weighted by molar-refractivity contribution is 9.09. The molecule has 0 fully saturated rings. The fraction of sp³-hybridized carbons (Fsp3) is 0.300. The van der Waals surface area contributed by atoms with Crippen LogP contribution in [0.15, 0.2) is 36.4 Å². The van der Waals surface area contributed by atoms with Crippen LogP contribution in [0.2, 0.25) is 0 Å². The van der Waals surface area contributed by atoms with E-state index in [0.717, 1.165) is 0 Å². The number of anilines is 2. The second-order valence-electron chi connectivity index (χ2n) is 6.49. The van der Waals surface area contributed by atoms with Crippen molar-refractivity contribution in [1.29, 1.82) is 0 Å². The van der Waals surface area contributed by atoms with Crippen molar-refractivity contribution < 1.29 is 19.8 Å². The molecule has 0 saturated carbocycles. The molecule has 1 aliphatic carbocycles. The van der Waals surface area contributed by atoms with Gasteiger partial charge in [0.15, 0.2) is 11.6 Å². The summed E-state index contributed by atoms with van der Waals surface area (Å²) in [6.07, 6.45) is -1.27. The van der Waals surface area contributed by atoms with Crippen molar-refractivity contribution in [3.63, 3.8) is 0 Å². The van der Waals surface area contributed by atoms with Crippen LogP contribution in [0.25, 0.3) is 0 Å². The van der Waals surface area contributed by atoms with Gasteiger partial charge in [-0.1, -0.05) is 56.1 Å². The molecule has 0 bridgehead atoms. The molecule has 28 heavy (non-hydrogen) atoms. The van der Waals surface area contributed by atoms with Gasteiger partial charge in [0.05, 0.1) is 23.3 Å². The molecule has 2 atom stereocenters. The molecule has 0 saturated heterocycles. The zero-order valence-electron chi connectivity index (χ0n) is 14.9. The van der Waals surface area contributed by atoms with Crippen LogP contribution in [0.5, 0.6) is 0 Å². The van der Waals surface area contributed by atoms with Gasteiger partial charge in [-0.25, -0.2) is 0 Å². The van der Waals surface area contributed by atoms with Crippen molar-refractivity contribution in [3.8, 4) is 0 Å². The van der Waals surface area contributed by atoms with Crippen molar-refractivity contribution in [3.05, 3.63) is 58.7 Å². The SMILES string of the molecule is O=C1c2ccccc2C(=O)c2c(NCC(O)CBr)ccc(NCC(O)CBr)c21. The Balaban J connectivity index is 2.07. The van der Waals surface area contributed by atoms with Crippen molar-refractivity contribution >= 4 is 54.8 Å². The minimum absolute atomic E-state index is 0.232. The van der Waals surface area contributed by atoms with Gasteiger partial charge in [-0.2, -0.15) is 0 Å². The first kappa shape index (κ1) is 21.0. The number of ketones is 2. The highest BCUT2D eigenvalue weighted by Crippen LogP contribution is 2.36. The normalized spacial score (nSPS) is 14.9. The molecule has 148 valence electrons. The lowest BCUT2D eigenvalue weighted by molar-refractivity contribution is 0.0980. The number of benzene rings is 2. The molecular weight excluding hydrogens is 492 g/mol. The number of alkyl halides is 2. The average Bonchev–Trinajstić information content (AvgIpc) is 2.73. The van der Waals surface area contributed by atoms with Gasteiger partial charge in [-0.3, -0.25) is 9.59 Å². The second kappa shape index (κ2) is 9.17. The number of aliphatic hydroxyl groups is 2. The lowest BCUT2D eigenvalue weighted by Gasteiger charge is -2.24. The summed E-state index contributed by atoms with van der Waals surface area (Å²) in [7, 11) is 0. The van der Waals surface area contributed by atoms with Crippen LogP contribution in [0.3, 0.4) is 0 Å². The molecule has 3 rings (SSSR count). The van der Waals surface area contributed by atoms with Crippen LogP contribution in [0, 0.1) is 0 Å². The van der Waals surface area contributed by atoms with E-state index in [0.29, 0.717) is 33.2 Å². The topological polar surface area (TPSA) is 98.7 Å². The summed E-state index contributed by atoms with van der Waals surface area (Å²) in [5, 5.41) is 26.6. The Morgan fingerprint density at radius 3 is 1.50 bits per heavy atom. The van der Waals surface area contributed by atoms with E-state index >= 15 is 0 Å². The summed E-state index contributed by atoms with van der Waals surface area (Å²) < 4.78 is 0. The van der Waals surface area contributed by atoms with E-state index < -0.39 is 12.2 Å². The summed E-state index contributed by atoms with van der Waals surface area (Å²) in [5.74, 6) is -0.489. The van der Waals surface area contributed by atoms with E-state index in [-0.39, 0.29) is 35.8 Å². The molecule has 0 aliphatic heterocycles. The van der Waals surface area contributed by atoms with E-state index in [2.05, 4.69) is 42.5 Å². The zero-order valence-corrected chi connectivity index (χ0v) is 18.1. The molecule has 0 heterocycles. The van der Waals surface area contributed by atoms with Gasteiger partial charge >= 0.3 is 0 Å². The lowest BCUT2D eigenvalue weighted by atomic mass is 9.82. The van der Waals surface area contributed by atoms with E-state index in [1.165, 1.54) is 0 Å². The third-order valence-electron chi connectivity index (χ3n) is 4.49. The van der Waals surface area contributed by atoms with Crippen molar-refractivity contribution in [1.82, 2.24) is 0 Å². The van der Waals surface area contributed by atoms with E-state index in [1.807, 2.05) is 0 Å². The molecule has 2 aromatic rings. The summed E-state index contributed by atoms with van der Waals surface area (Å²) in [4.78, 5) is 26.4. The number of fused-ring (bicyclic) bond motifs is 2. The van der Waals surface area contributed by atoms with Crippen LogP contribution in [-0.2, 0) is 0 Å². The van der Waals surface area contributed by atoms with Gasteiger partial charge < -0.3 is 20.8 Å². The molecule has 6 nitrogen and oxygen atoms in total. The first-order valence-electron chi connectivity index (χ1n) is 8.79. The molecule has 8 heteroatoms. The van der Waals surface area contributed by atoms with Crippen molar-refractivity contribution in [2.75, 3.05) is 34.4 Å². The molecule has 1 aliphatic rings. The van der Waals surface area contributed by atoms with Crippen LogP contribution in [0.4, 0.5) is 11.4 Å². The molecule has 2 unspecified atom stereocenters. The van der Waals surface area contributed by atoms with E-state index in [1.54, 1.807) is 36.4 Å². The van der Waals surface area contributed by atoms with E-state index in [9.17, 15) is 19.8 Å². The first-order chi connectivity index (χ1) is 13.5. The summed E-state index contributed by atoms with van der Waals surface area (Å²) >= 11 is 6.42. The number of carbonyl (C=O) groups excluding carboxylic acids is 2. The first-order valence-corrected chi connectivity index (χ1v) is 11.0. The molecule has 0 spiro atoms. The third kappa shape index (κ3) is 4.15. The maximum Gasteiger partial charge on any atom is 0.196 e. The monoisotopic (exact) mass is 510 g/mol. The van der Waals surface area contributed by atoms with Gasteiger partial charge in [0.2, 0.25) is 0 Å². The number of hydrogen-bond acceptors (Lipinski definition) is 6. The summed E-state index contributed by atoms with van der Waals surface area (Å²) in [6, 6.07) is 10.2. The van der Waals surface area contributed by atoms with Gasteiger partial charge in [0, 0.05) is 46.3 Å². The van der Waals surface area contributed by atoms with Gasteiger partial charge in [0.25, 0.3) is 0 Å². The second-order valence-corrected chi connectivity index (χ2v) is 7.79.